The Kier molecular flexibility index (Phi) is 3.35. The summed E-state index contributed by atoms with van der Waals surface area (Å²) in [5, 5.41) is 0. The van der Waals surface area contributed by atoms with Crippen molar-refractivity contribution in [2.45, 2.75) is 6.56 Å². The second-order valence-corrected chi connectivity index (χ2v) is 6.17. The summed E-state index contributed by atoms with van der Waals surface area (Å²) in [6.45, 7) is -2.37. The van der Waals surface area contributed by atoms with Crippen molar-refractivity contribution in [3.05, 3.63) is 31.8 Å². The summed E-state index contributed by atoms with van der Waals surface area (Å²) in [7, 11) is -3.85. The van der Waals surface area contributed by atoms with Gasteiger partial charge in [0.25, 0.3) is 10.1 Å². The van der Waals surface area contributed by atoms with Gasteiger partial charge in [0.2, 0.25) is 0 Å². The first kappa shape index (κ1) is 9.56. The van der Waals surface area contributed by atoms with Crippen LogP contribution >= 0.6 is 38.5 Å². The van der Waals surface area contributed by atoms with Crippen LogP contribution in [0.4, 0.5) is 0 Å². The highest BCUT2D eigenvalue weighted by Gasteiger charge is 2.05. The Balaban J connectivity index is 3.21. The third-order valence-electron chi connectivity index (χ3n) is 1.23. The van der Waals surface area contributed by atoms with Gasteiger partial charge in [0.1, 0.15) is 0 Å². The lowest BCUT2D eigenvalue weighted by molar-refractivity contribution is 0.311. The Labute approximate surface area is 108 Å². The van der Waals surface area contributed by atoms with E-state index in [0.29, 0.717) is 8.04 Å². The van der Waals surface area contributed by atoms with Crippen molar-refractivity contribution in [3.8, 4) is 0 Å². The molecule has 6 heteroatoms. The normalized spacial score (nSPS) is 14.8. The number of rotatable bonds is 3. The molecule has 1 aromatic rings. The van der Waals surface area contributed by atoms with Crippen LogP contribution in [0.1, 0.15) is 8.30 Å². The fraction of sp³-hybridized carbons (Fsp3) is 0.250. The summed E-state index contributed by atoms with van der Waals surface area (Å²) < 4.78 is 42.8. The van der Waals surface area contributed by atoms with Gasteiger partial charge in [-0.25, -0.2) is 0 Å². The van der Waals surface area contributed by atoms with Gasteiger partial charge in [-0.2, -0.15) is 8.42 Å². The molecule has 0 bridgehead atoms. The minimum Gasteiger partial charge on any atom is -0.265 e. The van der Waals surface area contributed by atoms with Crippen molar-refractivity contribution in [3.63, 3.8) is 0 Å². The largest absolute Gasteiger partial charge is 0.265 e. The molecule has 0 aliphatic heterocycles. The first-order chi connectivity index (χ1) is 7.12. The lowest BCUT2D eigenvalue weighted by atomic mass is 10.2. The molecule has 0 spiro atoms. The molecule has 78 valence electrons. The Morgan fingerprint density at radius 1 is 1.64 bits per heavy atom. The highest BCUT2D eigenvalue weighted by Crippen LogP contribution is 2.19. The Hall–Kier alpha value is 0.340. The maximum Gasteiger partial charge on any atom is 0.264 e. The second-order valence-electron chi connectivity index (χ2n) is 2.51. The lowest BCUT2D eigenvalue weighted by Gasteiger charge is -2.04. The number of hydrogen-bond donors (Lipinski definition) is 0. The quantitative estimate of drug-likeness (QED) is 0.586. The van der Waals surface area contributed by atoms with E-state index < -0.39 is 16.7 Å². The van der Waals surface area contributed by atoms with Gasteiger partial charge < -0.3 is 0 Å². The second kappa shape index (κ2) is 4.91. The summed E-state index contributed by atoms with van der Waals surface area (Å²) in [5.41, 5.74) is 0.174. The van der Waals surface area contributed by atoms with Crippen LogP contribution in [0.25, 0.3) is 0 Å². The zero-order valence-electron chi connectivity index (χ0n) is 9.12. The Morgan fingerprint density at radius 2 is 2.29 bits per heavy atom. The van der Waals surface area contributed by atoms with Crippen LogP contribution in [0, 0.1) is 3.57 Å². The molecule has 3 nitrogen and oxygen atoms in total. The van der Waals surface area contributed by atoms with Crippen LogP contribution in [0.15, 0.2) is 22.7 Å². The smallest absolute Gasteiger partial charge is 0.264 e. The minimum atomic E-state index is -3.85. The van der Waals surface area contributed by atoms with Gasteiger partial charge in [-0.3, -0.25) is 4.18 Å². The molecule has 1 rings (SSSR count). The van der Waals surface area contributed by atoms with Gasteiger partial charge >= 0.3 is 0 Å². The molecule has 0 saturated heterocycles. The molecule has 0 N–H and O–H groups in total. The van der Waals surface area contributed by atoms with Crippen LogP contribution in [-0.2, 0) is 20.9 Å². The van der Waals surface area contributed by atoms with Gasteiger partial charge in [0.05, 0.1) is 15.6 Å². The molecule has 0 heterocycles. The van der Waals surface area contributed by atoms with Crippen molar-refractivity contribution in [1.82, 2.24) is 0 Å². The highest BCUT2D eigenvalue weighted by molar-refractivity contribution is 14.1. The van der Waals surface area contributed by atoms with Crippen molar-refractivity contribution in [2.24, 2.45) is 0 Å². The SMILES string of the molecule is [2H]C([2H])(OS(C)(=O)=O)c1cc(Br)ccc1I. The van der Waals surface area contributed by atoms with Gasteiger partial charge in [-0.15, -0.1) is 0 Å². The molecule has 0 atom stereocenters. The molecule has 0 aliphatic carbocycles. The Morgan fingerprint density at radius 3 is 2.86 bits per heavy atom. The summed E-state index contributed by atoms with van der Waals surface area (Å²) in [6.07, 6.45) is 0.815. The third kappa shape index (κ3) is 4.24. The molecular formula is C8H8BrIO3S. The van der Waals surface area contributed by atoms with Crippen LogP contribution in [0.3, 0.4) is 0 Å². The van der Waals surface area contributed by atoms with Gasteiger partial charge in [-0.1, -0.05) is 15.9 Å². The van der Waals surface area contributed by atoms with Gasteiger partial charge in [0.15, 0.2) is 0 Å². The fourth-order valence-electron chi connectivity index (χ4n) is 0.696. The molecular weight excluding hydrogens is 383 g/mol. The first-order valence-corrected chi connectivity index (χ1v) is 7.17. The number of benzene rings is 1. The predicted octanol–water partition coefficient (Wildman–Crippen LogP) is 2.53. The molecule has 0 aromatic heterocycles. The maximum atomic E-state index is 10.9. The zero-order chi connectivity index (χ0) is 12.6. The van der Waals surface area contributed by atoms with E-state index in [1.54, 1.807) is 12.1 Å². The molecule has 0 aliphatic rings. The van der Waals surface area contributed by atoms with Crippen LogP contribution in [-0.4, -0.2) is 14.7 Å². The lowest BCUT2D eigenvalue weighted by Crippen LogP contribution is -2.03. The molecule has 0 saturated carbocycles. The molecule has 14 heavy (non-hydrogen) atoms. The summed E-state index contributed by atoms with van der Waals surface area (Å²) >= 11 is 5.11. The topological polar surface area (TPSA) is 43.4 Å². The van der Waals surface area contributed by atoms with Crippen LogP contribution in [0.5, 0.6) is 0 Å². The average molecular weight is 393 g/mol. The minimum absolute atomic E-state index is 0.174. The van der Waals surface area contributed by atoms with E-state index in [2.05, 4.69) is 20.1 Å². The van der Waals surface area contributed by atoms with Crippen molar-refractivity contribution in [2.75, 3.05) is 6.26 Å². The molecule has 0 radical (unpaired) electrons. The van der Waals surface area contributed by atoms with E-state index in [-0.39, 0.29) is 5.56 Å². The van der Waals surface area contributed by atoms with E-state index in [1.165, 1.54) is 6.07 Å². The van der Waals surface area contributed by atoms with E-state index >= 15 is 0 Å². The van der Waals surface area contributed by atoms with E-state index in [1.807, 2.05) is 22.6 Å². The summed E-state index contributed by atoms with van der Waals surface area (Å²) in [5.74, 6) is 0. The molecule has 0 amide bonds. The summed E-state index contributed by atoms with van der Waals surface area (Å²) in [6, 6.07) is 4.90. The maximum absolute atomic E-state index is 10.9. The van der Waals surface area contributed by atoms with Crippen LogP contribution in [0.2, 0.25) is 0 Å². The predicted molar refractivity (Wildman–Crippen MR) is 66.5 cm³/mol. The summed E-state index contributed by atoms with van der Waals surface area (Å²) in [4.78, 5) is 0. The zero-order valence-corrected chi connectivity index (χ0v) is 11.7. The van der Waals surface area contributed by atoms with Gasteiger partial charge in [0, 0.05) is 8.04 Å². The molecule has 1 aromatic carbocycles. The number of hydrogen-bond acceptors (Lipinski definition) is 3. The van der Waals surface area contributed by atoms with E-state index in [9.17, 15) is 8.42 Å². The van der Waals surface area contributed by atoms with Crippen molar-refractivity contribution >= 4 is 48.6 Å². The third-order valence-corrected chi connectivity index (χ3v) is 3.05. The molecule has 0 fully saturated rings. The number of halogens is 2. The Bertz CT molecular complexity index is 504. The first-order valence-electron chi connectivity index (χ1n) is 4.48. The monoisotopic (exact) mass is 392 g/mol. The fourth-order valence-corrected chi connectivity index (χ4v) is 1.74. The standard InChI is InChI=1S/C8H8BrIO3S/c1-14(11,12)13-5-6-4-7(9)2-3-8(6)10/h2-4H,5H2,1H3/i5D2. The van der Waals surface area contributed by atoms with Gasteiger partial charge in [-0.05, 0) is 46.4 Å². The van der Waals surface area contributed by atoms with Crippen LogP contribution < -0.4 is 0 Å². The van der Waals surface area contributed by atoms with E-state index in [0.717, 1.165) is 6.26 Å². The van der Waals surface area contributed by atoms with Crippen molar-refractivity contribution < 1.29 is 15.3 Å². The molecule has 0 unspecified atom stereocenters. The highest BCUT2D eigenvalue weighted by atomic mass is 127. The van der Waals surface area contributed by atoms with Crippen molar-refractivity contribution in [1.29, 1.82) is 0 Å². The van der Waals surface area contributed by atoms with E-state index in [4.69, 9.17) is 2.74 Å². The average Bonchev–Trinajstić information content (AvgIpc) is 2.04.